The van der Waals surface area contributed by atoms with Crippen LogP contribution in [0.2, 0.25) is 0 Å². The van der Waals surface area contributed by atoms with Crippen molar-refractivity contribution in [3.05, 3.63) is 6.33 Å². The van der Waals surface area contributed by atoms with E-state index in [1.54, 1.807) is 6.33 Å². The number of H-pyrrole nitrogens is 1. The molecule has 2 aliphatic heterocycles. The van der Waals surface area contributed by atoms with Gasteiger partial charge in [0.05, 0.1) is 6.33 Å². The van der Waals surface area contributed by atoms with Crippen molar-refractivity contribution in [2.75, 3.05) is 36.8 Å². The van der Waals surface area contributed by atoms with E-state index in [1.165, 1.54) is 19.3 Å². The van der Waals surface area contributed by atoms with Crippen LogP contribution in [0.1, 0.15) is 38.5 Å². The molecule has 2 aromatic rings. The second-order valence-electron chi connectivity index (χ2n) is 8.25. The number of fused-ring (bicyclic) bond motifs is 1. The number of amides is 1. The Morgan fingerprint density at radius 1 is 1.27 bits per heavy atom. The van der Waals surface area contributed by atoms with E-state index in [4.69, 9.17) is 5.73 Å². The average molecular weight is 355 g/mol. The van der Waals surface area contributed by atoms with Crippen molar-refractivity contribution in [1.82, 2.24) is 24.8 Å². The molecule has 8 heteroatoms. The summed E-state index contributed by atoms with van der Waals surface area (Å²) in [5.74, 6) is 2.17. The number of rotatable bonds is 3. The Kier molecular flexibility index (Phi) is 3.55. The number of carbonyl (C=O) groups is 1. The fraction of sp³-hybridized carbons (Fsp3) is 0.667. The van der Waals surface area contributed by atoms with Gasteiger partial charge >= 0.3 is 0 Å². The molecule has 0 radical (unpaired) electrons. The smallest absolute Gasteiger partial charge is 0.224 e. The first-order chi connectivity index (χ1) is 12.6. The summed E-state index contributed by atoms with van der Waals surface area (Å²) in [6, 6.07) is 0. The third-order valence-electron chi connectivity index (χ3n) is 6.17. The standard InChI is InChI=1S/C18H25N7O/c19-17-22-15-14(20-11-21-15)16(23-17)24-7-1-5-18(9-24)6-4-13(26)25(10-18)8-12-2-3-12/h11-12H,1-10H2,(H3,19,20,21,22,23). The summed E-state index contributed by atoms with van der Waals surface area (Å²) < 4.78 is 0. The van der Waals surface area contributed by atoms with E-state index in [0.717, 1.165) is 56.3 Å². The maximum absolute atomic E-state index is 12.4. The Morgan fingerprint density at radius 2 is 2.15 bits per heavy atom. The minimum absolute atomic E-state index is 0.160. The fourth-order valence-corrected chi connectivity index (χ4v) is 4.67. The van der Waals surface area contributed by atoms with Crippen LogP contribution in [0.25, 0.3) is 11.2 Å². The Bertz CT molecular complexity index is 845. The molecule has 1 saturated carbocycles. The van der Waals surface area contributed by atoms with Gasteiger partial charge in [-0.3, -0.25) is 4.79 Å². The highest BCUT2D eigenvalue weighted by molar-refractivity contribution is 5.84. The van der Waals surface area contributed by atoms with Crippen molar-refractivity contribution in [1.29, 1.82) is 0 Å². The lowest BCUT2D eigenvalue weighted by Crippen LogP contribution is -2.54. The average Bonchev–Trinajstić information content (AvgIpc) is 3.32. The van der Waals surface area contributed by atoms with Crippen LogP contribution in [0, 0.1) is 11.3 Å². The summed E-state index contributed by atoms with van der Waals surface area (Å²) in [6.45, 7) is 3.69. The number of nitrogens with two attached hydrogens (primary N) is 1. The third kappa shape index (κ3) is 2.77. The van der Waals surface area contributed by atoms with Crippen LogP contribution in [0.5, 0.6) is 0 Å². The lowest BCUT2D eigenvalue weighted by atomic mass is 9.73. The minimum Gasteiger partial charge on any atom is -0.368 e. The fourth-order valence-electron chi connectivity index (χ4n) is 4.67. The first-order valence-electron chi connectivity index (χ1n) is 9.61. The quantitative estimate of drug-likeness (QED) is 0.866. The van der Waals surface area contributed by atoms with Crippen LogP contribution >= 0.6 is 0 Å². The van der Waals surface area contributed by atoms with Gasteiger partial charge < -0.3 is 20.5 Å². The minimum atomic E-state index is 0.160. The van der Waals surface area contributed by atoms with Crippen LogP contribution < -0.4 is 10.6 Å². The van der Waals surface area contributed by atoms with Crippen LogP contribution in [-0.4, -0.2) is 56.9 Å². The molecule has 3 N–H and O–H groups in total. The van der Waals surface area contributed by atoms with Crippen molar-refractivity contribution >= 4 is 28.8 Å². The van der Waals surface area contributed by atoms with Gasteiger partial charge in [-0.2, -0.15) is 9.97 Å². The molecule has 26 heavy (non-hydrogen) atoms. The zero-order valence-corrected chi connectivity index (χ0v) is 14.9. The number of nitrogens with zero attached hydrogens (tertiary/aromatic N) is 5. The number of aromatic nitrogens is 4. The SMILES string of the molecule is Nc1nc(N2CCCC3(CCC(=O)N(CC4CC4)C3)C2)c2[nH]cnc2n1. The number of hydrogen-bond acceptors (Lipinski definition) is 6. The molecule has 1 amide bonds. The van der Waals surface area contributed by atoms with E-state index in [9.17, 15) is 4.79 Å². The second kappa shape index (κ2) is 5.82. The van der Waals surface area contributed by atoms with Gasteiger partial charge in [0.1, 0.15) is 5.52 Å². The van der Waals surface area contributed by atoms with Crippen LogP contribution in [0.4, 0.5) is 11.8 Å². The van der Waals surface area contributed by atoms with E-state index in [2.05, 4.69) is 29.7 Å². The molecular formula is C18H25N7O. The Labute approximate surface area is 152 Å². The largest absolute Gasteiger partial charge is 0.368 e. The maximum atomic E-state index is 12.4. The maximum Gasteiger partial charge on any atom is 0.224 e. The van der Waals surface area contributed by atoms with E-state index >= 15 is 0 Å². The van der Waals surface area contributed by atoms with Crippen LogP contribution in [0.15, 0.2) is 6.33 Å². The number of imidazole rings is 1. The molecule has 2 saturated heterocycles. The van der Waals surface area contributed by atoms with E-state index in [-0.39, 0.29) is 11.4 Å². The summed E-state index contributed by atoms with van der Waals surface area (Å²) in [4.78, 5) is 32.9. The number of hydrogen-bond donors (Lipinski definition) is 2. The third-order valence-corrected chi connectivity index (χ3v) is 6.17. The van der Waals surface area contributed by atoms with Crippen LogP contribution in [0.3, 0.4) is 0 Å². The summed E-state index contributed by atoms with van der Waals surface area (Å²) in [6.07, 6.45) is 8.11. The number of nitrogens with one attached hydrogen (secondary N) is 1. The van der Waals surface area contributed by atoms with E-state index in [1.807, 2.05) is 0 Å². The Hall–Kier alpha value is -2.38. The number of aromatic amines is 1. The monoisotopic (exact) mass is 355 g/mol. The molecule has 0 aromatic carbocycles. The van der Waals surface area contributed by atoms with Gasteiger partial charge in [-0.05, 0) is 38.0 Å². The molecule has 4 heterocycles. The number of nitrogen functional groups attached to an aromatic ring is 1. The molecule has 1 atom stereocenters. The van der Waals surface area contributed by atoms with Crippen molar-refractivity contribution < 1.29 is 4.79 Å². The molecule has 5 rings (SSSR count). The van der Waals surface area contributed by atoms with Crippen molar-refractivity contribution in [3.63, 3.8) is 0 Å². The van der Waals surface area contributed by atoms with E-state index < -0.39 is 0 Å². The van der Waals surface area contributed by atoms with Gasteiger partial charge in [-0.1, -0.05) is 0 Å². The first kappa shape index (κ1) is 15.8. The Morgan fingerprint density at radius 3 is 3.00 bits per heavy atom. The number of carbonyl (C=O) groups excluding carboxylic acids is 1. The summed E-state index contributed by atoms with van der Waals surface area (Å²) in [7, 11) is 0. The van der Waals surface area contributed by atoms with Gasteiger partial charge in [0.2, 0.25) is 11.9 Å². The molecule has 1 aliphatic carbocycles. The first-order valence-corrected chi connectivity index (χ1v) is 9.61. The summed E-state index contributed by atoms with van der Waals surface area (Å²) in [5.41, 5.74) is 7.52. The molecule has 1 spiro atoms. The number of anilines is 2. The molecular weight excluding hydrogens is 330 g/mol. The predicted octanol–water partition coefficient (Wildman–Crippen LogP) is 1.55. The Balaban J connectivity index is 1.42. The molecule has 1 unspecified atom stereocenters. The molecule has 3 aliphatic rings. The highest BCUT2D eigenvalue weighted by Crippen LogP contribution is 2.42. The number of likely N-dealkylation sites (tertiary alicyclic amines) is 1. The van der Waals surface area contributed by atoms with Gasteiger partial charge in [-0.25, -0.2) is 4.98 Å². The topological polar surface area (TPSA) is 104 Å². The van der Waals surface area contributed by atoms with Gasteiger partial charge in [0.15, 0.2) is 11.5 Å². The highest BCUT2D eigenvalue weighted by atomic mass is 16.2. The molecule has 3 fully saturated rings. The molecule has 138 valence electrons. The number of piperidine rings is 2. The van der Waals surface area contributed by atoms with Crippen molar-refractivity contribution in [2.24, 2.45) is 11.3 Å². The normalized spacial score (nSPS) is 26.8. The molecule has 2 aromatic heterocycles. The van der Waals surface area contributed by atoms with E-state index in [0.29, 0.717) is 18.0 Å². The molecule has 8 nitrogen and oxygen atoms in total. The van der Waals surface area contributed by atoms with Crippen molar-refractivity contribution in [3.8, 4) is 0 Å². The van der Waals surface area contributed by atoms with Gasteiger partial charge in [0.25, 0.3) is 0 Å². The van der Waals surface area contributed by atoms with Crippen LogP contribution in [-0.2, 0) is 4.79 Å². The summed E-state index contributed by atoms with van der Waals surface area (Å²) >= 11 is 0. The zero-order chi connectivity index (χ0) is 17.7. The molecule has 0 bridgehead atoms. The van der Waals surface area contributed by atoms with Crippen molar-refractivity contribution in [2.45, 2.75) is 38.5 Å². The van der Waals surface area contributed by atoms with Gasteiger partial charge in [0, 0.05) is 38.0 Å². The summed E-state index contributed by atoms with van der Waals surface area (Å²) in [5, 5.41) is 0. The zero-order valence-electron chi connectivity index (χ0n) is 14.9. The lowest BCUT2D eigenvalue weighted by Gasteiger charge is -2.48. The second-order valence-corrected chi connectivity index (χ2v) is 8.25. The predicted molar refractivity (Wildman–Crippen MR) is 98.5 cm³/mol. The van der Waals surface area contributed by atoms with Gasteiger partial charge in [-0.15, -0.1) is 0 Å². The lowest BCUT2D eigenvalue weighted by molar-refractivity contribution is -0.138. The highest BCUT2D eigenvalue weighted by Gasteiger charge is 2.43.